The number of piperidine rings is 1. The van der Waals surface area contributed by atoms with Crippen molar-refractivity contribution in [2.45, 2.75) is 52.5 Å². The molecular formula is C14H26N2O3. The zero-order valence-corrected chi connectivity index (χ0v) is 12.2. The zero-order valence-electron chi connectivity index (χ0n) is 12.2. The van der Waals surface area contributed by atoms with Gasteiger partial charge < -0.3 is 15.3 Å². The van der Waals surface area contributed by atoms with Crippen LogP contribution in [0, 0.1) is 5.41 Å². The Hall–Kier alpha value is -1.10. The van der Waals surface area contributed by atoms with Gasteiger partial charge in [-0.25, -0.2) is 0 Å². The molecule has 0 unspecified atom stereocenters. The highest BCUT2D eigenvalue weighted by Crippen LogP contribution is 2.35. The van der Waals surface area contributed by atoms with Crippen LogP contribution in [0.25, 0.3) is 0 Å². The van der Waals surface area contributed by atoms with Crippen LogP contribution >= 0.6 is 0 Å². The normalized spacial score (nSPS) is 18.6. The average molecular weight is 270 g/mol. The van der Waals surface area contributed by atoms with Gasteiger partial charge in [0.25, 0.3) is 0 Å². The summed E-state index contributed by atoms with van der Waals surface area (Å²) < 4.78 is 0. The summed E-state index contributed by atoms with van der Waals surface area (Å²) in [5, 5.41) is 12.5. The van der Waals surface area contributed by atoms with E-state index in [1.54, 1.807) is 4.90 Å². The van der Waals surface area contributed by atoms with Crippen LogP contribution in [0.15, 0.2) is 0 Å². The number of amides is 1. The molecule has 110 valence electrons. The smallest absolute Gasteiger partial charge is 0.309 e. The highest BCUT2D eigenvalue weighted by Gasteiger charge is 2.40. The minimum Gasteiger partial charge on any atom is -0.481 e. The molecule has 5 nitrogen and oxygen atoms in total. The topological polar surface area (TPSA) is 69.6 Å². The lowest BCUT2D eigenvalue weighted by Crippen LogP contribution is -2.46. The summed E-state index contributed by atoms with van der Waals surface area (Å²) in [4.78, 5) is 25.1. The summed E-state index contributed by atoms with van der Waals surface area (Å²) in [5.74, 6) is -0.591. The van der Waals surface area contributed by atoms with E-state index >= 15 is 0 Å². The molecule has 1 rings (SSSR count). The van der Waals surface area contributed by atoms with Crippen LogP contribution in [-0.2, 0) is 9.59 Å². The van der Waals surface area contributed by atoms with Gasteiger partial charge in [-0.3, -0.25) is 9.59 Å². The van der Waals surface area contributed by atoms with Crippen molar-refractivity contribution in [3.8, 4) is 0 Å². The van der Waals surface area contributed by atoms with Gasteiger partial charge in [0.15, 0.2) is 0 Å². The van der Waals surface area contributed by atoms with Gasteiger partial charge in [0.1, 0.15) is 0 Å². The number of rotatable bonds is 6. The van der Waals surface area contributed by atoms with Crippen LogP contribution in [0.2, 0.25) is 0 Å². The lowest BCUT2D eigenvalue weighted by Gasteiger charge is -2.38. The van der Waals surface area contributed by atoms with Gasteiger partial charge in [-0.1, -0.05) is 20.8 Å². The predicted molar refractivity (Wildman–Crippen MR) is 73.9 cm³/mol. The Morgan fingerprint density at radius 2 is 1.89 bits per heavy atom. The Balaban J connectivity index is 2.40. The Labute approximate surface area is 115 Å². The minimum atomic E-state index is -0.719. The van der Waals surface area contributed by atoms with E-state index in [4.69, 9.17) is 0 Å². The molecule has 1 aliphatic heterocycles. The standard InChI is InChI=1S/C14H26N2O3/c1-4-14(13(18)19)6-9-16(10-7-14)12(17)5-8-15-11(2)3/h11,15H,4-10H2,1-3H3,(H,18,19). The highest BCUT2D eigenvalue weighted by molar-refractivity contribution is 5.78. The van der Waals surface area contributed by atoms with Crippen LogP contribution in [0.1, 0.15) is 46.5 Å². The summed E-state index contributed by atoms with van der Waals surface area (Å²) in [5.41, 5.74) is -0.618. The third-order valence-corrected chi connectivity index (χ3v) is 4.10. The van der Waals surface area contributed by atoms with E-state index in [-0.39, 0.29) is 5.91 Å². The average Bonchev–Trinajstić information content (AvgIpc) is 2.38. The molecule has 0 aliphatic carbocycles. The largest absolute Gasteiger partial charge is 0.481 e. The molecule has 2 N–H and O–H groups in total. The van der Waals surface area contributed by atoms with Gasteiger partial charge in [0, 0.05) is 32.1 Å². The fourth-order valence-corrected chi connectivity index (χ4v) is 2.53. The number of nitrogens with zero attached hydrogens (tertiary/aromatic N) is 1. The van der Waals surface area contributed by atoms with Crippen molar-refractivity contribution >= 4 is 11.9 Å². The van der Waals surface area contributed by atoms with Gasteiger partial charge >= 0.3 is 5.97 Å². The number of carboxylic acid groups (broad SMARTS) is 1. The molecule has 1 amide bonds. The molecule has 1 aliphatic rings. The first-order valence-corrected chi connectivity index (χ1v) is 7.16. The van der Waals surface area contributed by atoms with Crippen molar-refractivity contribution in [3.63, 3.8) is 0 Å². The second kappa shape index (κ2) is 6.89. The van der Waals surface area contributed by atoms with E-state index in [2.05, 4.69) is 5.32 Å². The van der Waals surface area contributed by atoms with Crippen LogP contribution < -0.4 is 5.32 Å². The monoisotopic (exact) mass is 270 g/mol. The summed E-state index contributed by atoms with van der Waals surface area (Å²) in [6.45, 7) is 7.84. The van der Waals surface area contributed by atoms with Crippen molar-refractivity contribution in [1.29, 1.82) is 0 Å². The van der Waals surface area contributed by atoms with Gasteiger partial charge in [-0.2, -0.15) is 0 Å². The number of carbonyl (C=O) groups excluding carboxylic acids is 1. The Morgan fingerprint density at radius 3 is 2.32 bits per heavy atom. The molecule has 0 aromatic heterocycles. The molecule has 0 saturated carbocycles. The molecule has 0 aromatic rings. The third kappa shape index (κ3) is 4.20. The number of carbonyl (C=O) groups is 2. The first-order valence-electron chi connectivity index (χ1n) is 7.16. The van der Waals surface area contributed by atoms with Crippen molar-refractivity contribution in [2.24, 2.45) is 5.41 Å². The molecule has 1 heterocycles. The van der Waals surface area contributed by atoms with Gasteiger partial charge in [-0.05, 0) is 19.3 Å². The van der Waals surface area contributed by atoms with E-state index in [0.29, 0.717) is 51.4 Å². The van der Waals surface area contributed by atoms with Gasteiger partial charge in [0.2, 0.25) is 5.91 Å². The van der Waals surface area contributed by atoms with Crippen LogP contribution in [0.5, 0.6) is 0 Å². The van der Waals surface area contributed by atoms with Gasteiger partial charge in [-0.15, -0.1) is 0 Å². The summed E-state index contributed by atoms with van der Waals surface area (Å²) in [6, 6.07) is 0.383. The number of aliphatic carboxylic acids is 1. The Bertz CT molecular complexity index is 321. The first kappa shape index (κ1) is 16.0. The van der Waals surface area contributed by atoms with Crippen molar-refractivity contribution in [1.82, 2.24) is 10.2 Å². The maximum Gasteiger partial charge on any atom is 0.309 e. The minimum absolute atomic E-state index is 0.128. The Morgan fingerprint density at radius 1 is 1.32 bits per heavy atom. The fourth-order valence-electron chi connectivity index (χ4n) is 2.53. The van der Waals surface area contributed by atoms with Crippen LogP contribution in [0.4, 0.5) is 0 Å². The fraction of sp³-hybridized carbons (Fsp3) is 0.857. The molecular weight excluding hydrogens is 244 g/mol. The van der Waals surface area contributed by atoms with Crippen molar-refractivity contribution in [3.05, 3.63) is 0 Å². The van der Waals surface area contributed by atoms with E-state index in [1.807, 2.05) is 20.8 Å². The van der Waals surface area contributed by atoms with Crippen molar-refractivity contribution < 1.29 is 14.7 Å². The number of carboxylic acids is 1. The van der Waals surface area contributed by atoms with E-state index in [1.165, 1.54) is 0 Å². The number of hydrogen-bond acceptors (Lipinski definition) is 3. The quantitative estimate of drug-likeness (QED) is 0.767. The molecule has 1 fully saturated rings. The molecule has 19 heavy (non-hydrogen) atoms. The summed E-state index contributed by atoms with van der Waals surface area (Å²) in [7, 11) is 0. The second-order valence-corrected chi connectivity index (χ2v) is 5.68. The molecule has 0 bridgehead atoms. The number of likely N-dealkylation sites (tertiary alicyclic amines) is 1. The van der Waals surface area contributed by atoms with E-state index in [9.17, 15) is 14.7 Å². The zero-order chi connectivity index (χ0) is 14.5. The summed E-state index contributed by atoms with van der Waals surface area (Å²) >= 11 is 0. The lowest BCUT2D eigenvalue weighted by atomic mass is 9.76. The van der Waals surface area contributed by atoms with Crippen molar-refractivity contribution in [2.75, 3.05) is 19.6 Å². The first-order chi connectivity index (χ1) is 8.91. The molecule has 0 atom stereocenters. The number of hydrogen-bond donors (Lipinski definition) is 2. The van der Waals surface area contributed by atoms with Gasteiger partial charge in [0.05, 0.1) is 5.41 Å². The molecule has 1 saturated heterocycles. The second-order valence-electron chi connectivity index (χ2n) is 5.68. The lowest BCUT2D eigenvalue weighted by molar-refractivity contribution is -0.154. The maximum atomic E-state index is 12.0. The van der Waals surface area contributed by atoms with Crippen LogP contribution in [-0.4, -0.2) is 47.6 Å². The molecule has 5 heteroatoms. The Kier molecular flexibility index (Phi) is 5.79. The van der Waals surface area contributed by atoms with Crippen LogP contribution in [0.3, 0.4) is 0 Å². The maximum absolute atomic E-state index is 12.0. The molecule has 0 spiro atoms. The predicted octanol–water partition coefficient (Wildman–Crippen LogP) is 1.48. The van der Waals surface area contributed by atoms with E-state index in [0.717, 1.165) is 0 Å². The highest BCUT2D eigenvalue weighted by atomic mass is 16.4. The summed E-state index contributed by atoms with van der Waals surface area (Å²) in [6.07, 6.45) is 2.27. The SMILES string of the molecule is CCC1(C(=O)O)CCN(C(=O)CCNC(C)C)CC1. The third-order valence-electron chi connectivity index (χ3n) is 4.10. The molecule has 0 radical (unpaired) electrons. The molecule has 0 aromatic carbocycles. The number of nitrogens with one attached hydrogen (secondary N) is 1. The van der Waals surface area contributed by atoms with E-state index < -0.39 is 11.4 Å².